The fraction of sp³-hybridized carbons (Fsp3) is 0.667. The molecule has 0 amide bonds. The molecule has 27 heavy (non-hydrogen) atoms. The third-order valence-corrected chi connectivity index (χ3v) is 4.75. The first-order valence-corrected chi connectivity index (χ1v) is 9.15. The Morgan fingerprint density at radius 3 is 2.59 bits per heavy atom. The molecule has 6 unspecified atom stereocenters. The van der Waals surface area contributed by atoms with Crippen LogP contribution in [0.15, 0.2) is 29.5 Å². The Balaban J connectivity index is 1.75. The van der Waals surface area contributed by atoms with Crippen LogP contribution in [0.5, 0.6) is 0 Å². The number of guanidine groups is 1. The summed E-state index contributed by atoms with van der Waals surface area (Å²) in [6.07, 6.45) is -2.02. The van der Waals surface area contributed by atoms with E-state index in [1.54, 1.807) is 12.4 Å². The molecule has 9 heteroatoms. The summed E-state index contributed by atoms with van der Waals surface area (Å²) in [6.45, 7) is 2.57. The minimum absolute atomic E-state index is 0.0542. The van der Waals surface area contributed by atoms with E-state index >= 15 is 0 Å². The van der Waals surface area contributed by atoms with Gasteiger partial charge in [-0.15, -0.1) is 0 Å². The Hall–Kier alpha value is -1.78. The number of hydrogen-bond acceptors (Lipinski definition) is 9. The van der Waals surface area contributed by atoms with Gasteiger partial charge in [-0.05, 0) is 31.4 Å². The molecule has 0 saturated heterocycles. The van der Waals surface area contributed by atoms with Crippen molar-refractivity contribution >= 4 is 5.96 Å². The number of aliphatic hydroxyl groups is 5. The van der Waals surface area contributed by atoms with E-state index < -0.39 is 30.5 Å². The number of hydrogen-bond donors (Lipinski definition) is 6. The number of nitrogens with two attached hydrogens (primary N) is 1. The fourth-order valence-electron chi connectivity index (χ4n) is 3.10. The van der Waals surface area contributed by atoms with Crippen LogP contribution in [0.25, 0.3) is 0 Å². The van der Waals surface area contributed by atoms with Gasteiger partial charge < -0.3 is 36.2 Å². The van der Waals surface area contributed by atoms with Gasteiger partial charge in [-0.2, -0.15) is 0 Å². The standard InChI is InChI=1S/C18H30N4O5/c1-11(23)16(26)17(27)15(25)7-14(24)5-4-13-10-22(18(19)21-13)9-12-3-2-6-20-8-12/h2-3,6,8,11,13-17,23-27H,4-5,7,9-10H2,1H3,(H2,19,21). The minimum atomic E-state index is -1.52. The van der Waals surface area contributed by atoms with Crippen molar-refractivity contribution in [2.45, 2.75) is 69.3 Å². The molecule has 0 aliphatic carbocycles. The first-order valence-electron chi connectivity index (χ1n) is 9.15. The minimum Gasteiger partial charge on any atom is -0.393 e. The van der Waals surface area contributed by atoms with Gasteiger partial charge in [0.1, 0.15) is 12.2 Å². The first-order chi connectivity index (χ1) is 12.8. The third kappa shape index (κ3) is 6.40. The summed E-state index contributed by atoms with van der Waals surface area (Å²) >= 11 is 0. The molecule has 9 nitrogen and oxygen atoms in total. The zero-order valence-corrected chi connectivity index (χ0v) is 15.5. The lowest BCUT2D eigenvalue weighted by molar-refractivity contribution is -0.109. The molecule has 0 fully saturated rings. The second kappa shape index (κ2) is 9.95. The molecule has 1 aliphatic rings. The molecular formula is C18H30N4O5. The number of aromatic nitrogens is 1. The highest BCUT2D eigenvalue weighted by atomic mass is 16.4. The van der Waals surface area contributed by atoms with Gasteiger partial charge in [0.15, 0.2) is 5.96 Å². The van der Waals surface area contributed by atoms with Crippen molar-refractivity contribution in [3.8, 4) is 0 Å². The van der Waals surface area contributed by atoms with Crippen molar-refractivity contribution in [3.05, 3.63) is 30.1 Å². The molecule has 2 rings (SSSR count). The molecule has 0 radical (unpaired) electrons. The lowest BCUT2D eigenvalue weighted by Gasteiger charge is -2.26. The molecular weight excluding hydrogens is 352 g/mol. The van der Waals surface area contributed by atoms with Crippen molar-refractivity contribution in [2.24, 2.45) is 10.7 Å². The summed E-state index contributed by atoms with van der Waals surface area (Å²) in [4.78, 5) is 10.4. The molecule has 1 aromatic heterocycles. The summed E-state index contributed by atoms with van der Waals surface area (Å²) in [5, 5.41) is 48.6. The number of nitrogens with zero attached hydrogens (tertiary/aromatic N) is 3. The Morgan fingerprint density at radius 1 is 1.22 bits per heavy atom. The van der Waals surface area contributed by atoms with E-state index in [1.807, 2.05) is 17.0 Å². The zero-order chi connectivity index (χ0) is 20.0. The quantitative estimate of drug-likeness (QED) is 0.288. The predicted octanol–water partition coefficient (Wildman–Crippen LogP) is -1.42. The van der Waals surface area contributed by atoms with Crippen LogP contribution >= 0.6 is 0 Å². The third-order valence-electron chi connectivity index (χ3n) is 4.75. The van der Waals surface area contributed by atoms with Gasteiger partial charge in [0, 0.05) is 31.9 Å². The molecule has 2 heterocycles. The van der Waals surface area contributed by atoms with E-state index in [9.17, 15) is 25.5 Å². The Kier molecular flexibility index (Phi) is 7.93. The molecule has 1 aromatic rings. The van der Waals surface area contributed by atoms with Gasteiger partial charge >= 0.3 is 0 Å². The highest BCUT2D eigenvalue weighted by Crippen LogP contribution is 2.18. The number of aliphatic imine (C=N–C) groups is 1. The van der Waals surface area contributed by atoms with Crippen molar-refractivity contribution in [1.29, 1.82) is 0 Å². The topological polar surface area (TPSA) is 156 Å². The van der Waals surface area contributed by atoms with E-state index in [2.05, 4.69) is 9.98 Å². The molecule has 0 saturated carbocycles. The van der Waals surface area contributed by atoms with Crippen LogP contribution in [0.4, 0.5) is 0 Å². The van der Waals surface area contributed by atoms with Gasteiger partial charge in [0.2, 0.25) is 0 Å². The maximum Gasteiger partial charge on any atom is 0.191 e. The summed E-state index contributed by atoms with van der Waals surface area (Å²) in [7, 11) is 0. The molecule has 7 N–H and O–H groups in total. The summed E-state index contributed by atoms with van der Waals surface area (Å²) in [6, 6.07) is 3.77. The van der Waals surface area contributed by atoms with Crippen LogP contribution in [0, 0.1) is 0 Å². The highest BCUT2D eigenvalue weighted by molar-refractivity contribution is 5.80. The van der Waals surface area contributed by atoms with E-state index in [0.717, 1.165) is 5.56 Å². The van der Waals surface area contributed by atoms with Crippen LogP contribution in [-0.4, -0.2) is 84.5 Å². The first kappa shape index (κ1) is 21.5. The Morgan fingerprint density at radius 2 is 1.96 bits per heavy atom. The zero-order valence-electron chi connectivity index (χ0n) is 15.5. The van der Waals surface area contributed by atoms with Gasteiger partial charge in [0.05, 0.1) is 24.4 Å². The Bertz CT molecular complexity index is 601. The fourth-order valence-corrected chi connectivity index (χ4v) is 3.10. The van der Waals surface area contributed by atoms with E-state index in [4.69, 9.17) is 5.73 Å². The van der Waals surface area contributed by atoms with Crippen LogP contribution in [0.2, 0.25) is 0 Å². The molecule has 152 valence electrons. The van der Waals surface area contributed by atoms with Crippen molar-refractivity contribution in [1.82, 2.24) is 9.88 Å². The second-order valence-corrected chi connectivity index (χ2v) is 7.14. The summed E-state index contributed by atoms with van der Waals surface area (Å²) in [5.74, 6) is 0.453. The smallest absolute Gasteiger partial charge is 0.191 e. The van der Waals surface area contributed by atoms with Gasteiger partial charge in [-0.1, -0.05) is 6.07 Å². The average Bonchev–Trinajstić information content (AvgIpc) is 2.99. The van der Waals surface area contributed by atoms with Crippen LogP contribution in [0.3, 0.4) is 0 Å². The van der Waals surface area contributed by atoms with Crippen molar-refractivity contribution in [3.63, 3.8) is 0 Å². The highest BCUT2D eigenvalue weighted by Gasteiger charge is 2.30. The maximum absolute atomic E-state index is 10.1. The van der Waals surface area contributed by atoms with Crippen molar-refractivity contribution in [2.75, 3.05) is 6.54 Å². The number of pyridine rings is 1. The molecule has 0 bridgehead atoms. The molecule has 1 aliphatic heterocycles. The van der Waals surface area contributed by atoms with Crippen molar-refractivity contribution < 1.29 is 25.5 Å². The van der Waals surface area contributed by atoms with Gasteiger partial charge in [-0.25, -0.2) is 4.99 Å². The number of aliphatic hydroxyl groups excluding tert-OH is 5. The average molecular weight is 382 g/mol. The second-order valence-electron chi connectivity index (χ2n) is 7.14. The molecule has 6 atom stereocenters. The van der Waals surface area contributed by atoms with Crippen LogP contribution in [-0.2, 0) is 6.54 Å². The van der Waals surface area contributed by atoms with Crippen LogP contribution < -0.4 is 5.73 Å². The van der Waals surface area contributed by atoms with Crippen LogP contribution in [0.1, 0.15) is 31.7 Å². The summed E-state index contributed by atoms with van der Waals surface area (Å²) < 4.78 is 0. The monoisotopic (exact) mass is 382 g/mol. The molecule has 0 aromatic carbocycles. The van der Waals surface area contributed by atoms with E-state index in [0.29, 0.717) is 31.9 Å². The molecule has 0 spiro atoms. The van der Waals surface area contributed by atoms with Gasteiger partial charge in [-0.3, -0.25) is 4.98 Å². The lowest BCUT2D eigenvalue weighted by atomic mass is 9.97. The van der Waals surface area contributed by atoms with Gasteiger partial charge in [0.25, 0.3) is 0 Å². The summed E-state index contributed by atoms with van der Waals surface area (Å²) in [5.41, 5.74) is 7.01. The maximum atomic E-state index is 10.1. The normalized spacial score (nSPS) is 22.8. The van der Waals surface area contributed by atoms with E-state index in [-0.39, 0.29) is 12.5 Å². The lowest BCUT2D eigenvalue weighted by Crippen LogP contribution is -2.44. The van der Waals surface area contributed by atoms with E-state index in [1.165, 1.54) is 6.92 Å². The SMILES string of the molecule is CC(O)C(O)C(O)C(O)CC(O)CCC1CN(Cc2cccnc2)C(N)=N1. The largest absolute Gasteiger partial charge is 0.393 e. The Labute approximate surface area is 158 Å². The predicted molar refractivity (Wildman–Crippen MR) is 99.6 cm³/mol. The number of rotatable bonds is 10.